The number of nitrogens with one attached hydrogen (secondary N) is 1. The van der Waals surface area contributed by atoms with E-state index < -0.39 is 0 Å². The monoisotopic (exact) mass is 281 g/mol. The van der Waals surface area contributed by atoms with Gasteiger partial charge in [-0.1, -0.05) is 13.8 Å². The summed E-state index contributed by atoms with van der Waals surface area (Å²) in [5.41, 5.74) is 3.66. The predicted octanol–water partition coefficient (Wildman–Crippen LogP) is 3.28. The minimum absolute atomic E-state index is 0.938. The summed E-state index contributed by atoms with van der Waals surface area (Å²) in [5, 5.41) is 3.36. The molecular formula is C15H27N3S. The number of hydrogen-bond acceptors (Lipinski definition) is 4. The molecule has 1 rings (SSSR count). The lowest BCUT2D eigenvalue weighted by molar-refractivity contribution is 0.666. The molecule has 0 amide bonds. The normalized spacial score (nSPS) is 10.9. The molecule has 0 bridgehead atoms. The summed E-state index contributed by atoms with van der Waals surface area (Å²) in [7, 11) is 0. The number of thioether (sulfide) groups is 1. The standard InChI is InChI=1S/C15H27N3S/c1-5-10-19-11-15-17-12(3)14(13(4)18-15)8-7-9-16-6-2/h16H,5-11H2,1-4H3. The zero-order valence-corrected chi connectivity index (χ0v) is 13.6. The smallest absolute Gasteiger partial charge is 0.138 e. The van der Waals surface area contributed by atoms with Crippen LogP contribution in [0.4, 0.5) is 0 Å². The second kappa shape index (κ2) is 9.32. The molecule has 0 saturated carbocycles. The van der Waals surface area contributed by atoms with Gasteiger partial charge in [0, 0.05) is 11.4 Å². The van der Waals surface area contributed by atoms with Crippen LogP contribution in [0.2, 0.25) is 0 Å². The molecule has 1 N–H and O–H groups in total. The van der Waals surface area contributed by atoms with E-state index in [1.165, 1.54) is 17.7 Å². The summed E-state index contributed by atoms with van der Waals surface area (Å²) >= 11 is 1.92. The molecule has 0 aromatic carbocycles. The first-order chi connectivity index (χ1) is 9.19. The van der Waals surface area contributed by atoms with Crippen molar-refractivity contribution in [3.05, 3.63) is 22.8 Å². The Hall–Kier alpha value is -0.610. The van der Waals surface area contributed by atoms with Crippen LogP contribution in [0.1, 0.15) is 49.5 Å². The van der Waals surface area contributed by atoms with Crippen LogP contribution < -0.4 is 5.32 Å². The number of nitrogens with zero attached hydrogens (tertiary/aromatic N) is 2. The lowest BCUT2D eigenvalue weighted by Gasteiger charge is -2.11. The van der Waals surface area contributed by atoms with E-state index in [1.807, 2.05) is 11.8 Å². The lowest BCUT2D eigenvalue weighted by Crippen LogP contribution is -2.15. The molecule has 1 heterocycles. The molecule has 0 radical (unpaired) electrons. The van der Waals surface area contributed by atoms with Gasteiger partial charge in [-0.2, -0.15) is 11.8 Å². The molecule has 1 aromatic heterocycles. The van der Waals surface area contributed by atoms with Crippen molar-refractivity contribution < 1.29 is 0 Å². The van der Waals surface area contributed by atoms with E-state index >= 15 is 0 Å². The van der Waals surface area contributed by atoms with Crippen molar-refractivity contribution in [3.8, 4) is 0 Å². The summed E-state index contributed by atoms with van der Waals surface area (Å²) < 4.78 is 0. The number of rotatable bonds is 9. The number of aryl methyl sites for hydroxylation is 2. The lowest BCUT2D eigenvalue weighted by atomic mass is 10.1. The predicted molar refractivity (Wildman–Crippen MR) is 84.8 cm³/mol. The average Bonchev–Trinajstić information content (AvgIpc) is 2.37. The minimum atomic E-state index is 0.938. The quantitative estimate of drug-likeness (QED) is 0.705. The molecule has 3 nitrogen and oxygen atoms in total. The molecule has 0 atom stereocenters. The third kappa shape index (κ3) is 5.91. The van der Waals surface area contributed by atoms with Crippen molar-refractivity contribution in [2.75, 3.05) is 18.8 Å². The molecule has 0 saturated heterocycles. The molecule has 0 spiro atoms. The van der Waals surface area contributed by atoms with E-state index in [1.54, 1.807) is 0 Å². The summed E-state index contributed by atoms with van der Waals surface area (Å²) in [4.78, 5) is 9.30. The van der Waals surface area contributed by atoms with Gasteiger partial charge in [0.15, 0.2) is 0 Å². The van der Waals surface area contributed by atoms with Gasteiger partial charge < -0.3 is 5.32 Å². The zero-order valence-electron chi connectivity index (χ0n) is 12.8. The minimum Gasteiger partial charge on any atom is -0.317 e. The van der Waals surface area contributed by atoms with Gasteiger partial charge in [-0.15, -0.1) is 0 Å². The van der Waals surface area contributed by atoms with Crippen molar-refractivity contribution in [2.24, 2.45) is 0 Å². The maximum Gasteiger partial charge on any atom is 0.138 e. The van der Waals surface area contributed by atoms with Crippen molar-refractivity contribution in [1.82, 2.24) is 15.3 Å². The molecule has 0 aliphatic carbocycles. The van der Waals surface area contributed by atoms with Crippen LogP contribution in [0.25, 0.3) is 0 Å². The molecule has 0 aliphatic heterocycles. The van der Waals surface area contributed by atoms with Crippen LogP contribution in [0.5, 0.6) is 0 Å². The van der Waals surface area contributed by atoms with Crippen LogP contribution in [-0.4, -0.2) is 28.8 Å². The second-order valence-electron chi connectivity index (χ2n) is 4.80. The van der Waals surface area contributed by atoms with Gasteiger partial charge in [0.05, 0.1) is 5.75 Å². The van der Waals surface area contributed by atoms with Gasteiger partial charge in [-0.05, 0) is 57.5 Å². The van der Waals surface area contributed by atoms with Gasteiger partial charge in [-0.3, -0.25) is 0 Å². The molecule has 0 fully saturated rings. The van der Waals surface area contributed by atoms with Crippen molar-refractivity contribution >= 4 is 11.8 Å². The Bertz CT molecular complexity index is 357. The van der Waals surface area contributed by atoms with Crippen LogP contribution >= 0.6 is 11.8 Å². The van der Waals surface area contributed by atoms with Gasteiger partial charge in [0.25, 0.3) is 0 Å². The molecule has 0 aliphatic rings. The number of aromatic nitrogens is 2. The Morgan fingerprint density at radius 1 is 1.11 bits per heavy atom. The van der Waals surface area contributed by atoms with E-state index in [9.17, 15) is 0 Å². The fourth-order valence-corrected chi connectivity index (χ4v) is 2.85. The first-order valence-corrected chi connectivity index (χ1v) is 8.45. The fourth-order valence-electron chi connectivity index (χ4n) is 2.11. The van der Waals surface area contributed by atoms with Gasteiger partial charge in [0.1, 0.15) is 5.82 Å². The zero-order chi connectivity index (χ0) is 14.1. The van der Waals surface area contributed by atoms with Crippen molar-refractivity contribution in [2.45, 2.75) is 52.7 Å². The topological polar surface area (TPSA) is 37.8 Å². The highest BCUT2D eigenvalue weighted by molar-refractivity contribution is 7.98. The highest BCUT2D eigenvalue weighted by atomic mass is 32.2. The van der Waals surface area contributed by atoms with Gasteiger partial charge >= 0.3 is 0 Å². The molecule has 4 heteroatoms. The Balaban J connectivity index is 2.58. The first kappa shape index (κ1) is 16.4. The van der Waals surface area contributed by atoms with Crippen molar-refractivity contribution in [1.29, 1.82) is 0 Å². The fraction of sp³-hybridized carbons (Fsp3) is 0.733. The third-order valence-corrected chi connectivity index (χ3v) is 4.24. The summed E-state index contributed by atoms with van der Waals surface area (Å²) in [6, 6.07) is 0. The van der Waals surface area contributed by atoms with E-state index in [-0.39, 0.29) is 0 Å². The third-order valence-electron chi connectivity index (χ3n) is 3.08. The Labute approximate surface area is 122 Å². The van der Waals surface area contributed by atoms with Crippen LogP contribution in [-0.2, 0) is 12.2 Å². The first-order valence-electron chi connectivity index (χ1n) is 7.30. The summed E-state index contributed by atoms with van der Waals surface area (Å²) in [5.74, 6) is 3.11. The maximum absolute atomic E-state index is 4.65. The van der Waals surface area contributed by atoms with Gasteiger partial charge in [-0.25, -0.2) is 9.97 Å². The molecule has 19 heavy (non-hydrogen) atoms. The Kier molecular flexibility index (Phi) is 8.07. The van der Waals surface area contributed by atoms with E-state index in [4.69, 9.17) is 0 Å². The van der Waals surface area contributed by atoms with Crippen molar-refractivity contribution in [3.63, 3.8) is 0 Å². The average molecular weight is 281 g/mol. The largest absolute Gasteiger partial charge is 0.317 e. The molecule has 108 valence electrons. The van der Waals surface area contributed by atoms with E-state index in [0.29, 0.717) is 0 Å². The molecule has 1 aromatic rings. The van der Waals surface area contributed by atoms with Crippen LogP contribution in [0.3, 0.4) is 0 Å². The Morgan fingerprint density at radius 3 is 2.37 bits per heavy atom. The Morgan fingerprint density at radius 2 is 1.79 bits per heavy atom. The van der Waals surface area contributed by atoms with E-state index in [0.717, 1.165) is 48.9 Å². The van der Waals surface area contributed by atoms with Gasteiger partial charge in [0.2, 0.25) is 0 Å². The highest BCUT2D eigenvalue weighted by Crippen LogP contribution is 2.16. The highest BCUT2D eigenvalue weighted by Gasteiger charge is 2.08. The summed E-state index contributed by atoms with van der Waals surface area (Å²) in [6.45, 7) is 10.7. The second-order valence-corrected chi connectivity index (χ2v) is 5.90. The van der Waals surface area contributed by atoms with Crippen LogP contribution in [0.15, 0.2) is 0 Å². The molecular weight excluding hydrogens is 254 g/mol. The van der Waals surface area contributed by atoms with E-state index in [2.05, 4.69) is 43.0 Å². The van der Waals surface area contributed by atoms with Crippen LogP contribution in [0, 0.1) is 13.8 Å². The number of hydrogen-bond donors (Lipinski definition) is 1. The molecule has 0 unspecified atom stereocenters. The maximum atomic E-state index is 4.65. The SMILES string of the molecule is CCCSCc1nc(C)c(CCCNCC)c(C)n1. The summed E-state index contributed by atoms with van der Waals surface area (Å²) in [6.07, 6.45) is 3.45.